The van der Waals surface area contributed by atoms with E-state index in [0.29, 0.717) is 6.54 Å². The van der Waals surface area contributed by atoms with Gasteiger partial charge in [-0.3, -0.25) is 4.79 Å². The Hall–Kier alpha value is -3.29. The van der Waals surface area contributed by atoms with Crippen LogP contribution in [0.3, 0.4) is 0 Å². The number of hydrogen-bond donors (Lipinski definition) is 0. The Balaban J connectivity index is 1.26. The number of benzene rings is 2. The monoisotopic (exact) mass is 456 g/mol. The number of amides is 1. The van der Waals surface area contributed by atoms with Crippen LogP contribution < -0.4 is 0 Å². The van der Waals surface area contributed by atoms with Crippen LogP contribution in [0.5, 0.6) is 0 Å². The van der Waals surface area contributed by atoms with Gasteiger partial charge in [0.15, 0.2) is 0 Å². The lowest BCUT2D eigenvalue weighted by atomic mass is 9.97. The molecule has 0 radical (unpaired) electrons. The molecule has 0 unspecified atom stereocenters. The third-order valence-electron chi connectivity index (χ3n) is 5.99. The third-order valence-corrected chi connectivity index (χ3v) is 7.91. The minimum absolute atomic E-state index is 0.00121. The first-order valence-electron chi connectivity index (χ1n) is 10.6. The van der Waals surface area contributed by atoms with Crippen molar-refractivity contribution in [3.8, 4) is 0 Å². The Morgan fingerprint density at radius 2 is 1.84 bits per heavy atom. The third kappa shape index (κ3) is 3.34. The second kappa shape index (κ2) is 8.00. The van der Waals surface area contributed by atoms with E-state index in [-0.39, 0.29) is 11.9 Å². The van der Waals surface area contributed by atoms with Gasteiger partial charge in [-0.1, -0.05) is 35.5 Å². The predicted octanol–water partition coefficient (Wildman–Crippen LogP) is 5.39. The Kier molecular flexibility index (Phi) is 4.85. The molecular formula is C25H20N4OS2. The smallest absolute Gasteiger partial charge is 0.254 e. The lowest BCUT2D eigenvalue weighted by molar-refractivity contribution is 0.0699. The van der Waals surface area contributed by atoms with Crippen LogP contribution in [0.25, 0.3) is 11.0 Å². The van der Waals surface area contributed by atoms with E-state index in [9.17, 15) is 4.79 Å². The van der Waals surface area contributed by atoms with Gasteiger partial charge >= 0.3 is 0 Å². The summed E-state index contributed by atoms with van der Waals surface area (Å²) in [4.78, 5) is 18.2. The molecule has 158 valence electrons. The fourth-order valence-electron chi connectivity index (χ4n) is 4.41. The lowest BCUT2D eigenvalue weighted by Crippen LogP contribution is -2.39. The summed E-state index contributed by atoms with van der Waals surface area (Å²) in [6, 6.07) is 22.2. The van der Waals surface area contributed by atoms with Crippen molar-refractivity contribution >= 4 is 39.6 Å². The minimum atomic E-state index is -0.00121. The standard InChI is InChI=1S/C25H20N4OS2/c30-25(28-13-11-22-19(12-15-32-22)24(28)23-6-3-14-31-23)18-9-7-17(8-10-18)16-29-21-5-2-1-4-20(21)26-27-29/h1-10,12,14-15,24H,11,13,16H2/t24-/m0/s1. The number of para-hydroxylation sites is 1. The second-order valence-corrected chi connectivity index (χ2v) is 9.88. The highest BCUT2D eigenvalue weighted by Gasteiger charge is 2.33. The summed E-state index contributed by atoms with van der Waals surface area (Å²) in [7, 11) is 0. The Morgan fingerprint density at radius 1 is 0.969 bits per heavy atom. The van der Waals surface area contributed by atoms with E-state index in [1.165, 1.54) is 15.3 Å². The molecule has 3 aromatic heterocycles. The van der Waals surface area contributed by atoms with Gasteiger partial charge in [0.2, 0.25) is 0 Å². The first kappa shape index (κ1) is 19.4. The summed E-state index contributed by atoms with van der Waals surface area (Å²) in [5, 5.41) is 12.7. The molecule has 2 aromatic carbocycles. The zero-order valence-corrected chi connectivity index (χ0v) is 18.9. The average Bonchev–Trinajstić information content (AvgIpc) is 3.60. The summed E-state index contributed by atoms with van der Waals surface area (Å²) in [6.45, 7) is 1.36. The molecule has 5 aromatic rings. The molecule has 1 amide bonds. The molecule has 6 rings (SSSR count). The zero-order chi connectivity index (χ0) is 21.5. The Labute approximate surface area is 193 Å². The summed E-state index contributed by atoms with van der Waals surface area (Å²) < 4.78 is 1.89. The topological polar surface area (TPSA) is 51.0 Å². The molecule has 0 fully saturated rings. The average molecular weight is 457 g/mol. The fourth-order valence-corrected chi connectivity index (χ4v) is 6.17. The van der Waals surface area contributed by atoms with Crippen LogP contribution in [0, 0.1) is 0 Å². The van der Waals surface area contributed by atoms with Gasteiger partial charge in [0.25, 0.3) is 5.91 Å². The van der Waals surface area contributed by atoms with E-state index in [2.05, 4.69) is 39.3 Å². The molecule has 0 saturated carbocycles. The van der Waals surface area contributed by atoms with Gasteiger partial charge in [-0.05, 0) is 64.7 Å². The van der Waals surface area contributed by atoms with Gasteiger partial charge in [0, 0.05) is 21.9 Å². The number of nitrogens with zero attached hydrogens (tertiary/aromatic N) is 4. The van der Waals surface area contributed by atoms with Crippen molar-refractivity contribution in [2.75, 3.05) is 6.54 Å². The van der Waals surface area contributed by atoms with Crippen LogP contribution in [0.4, 0.5) is 0 Å². The van der Waals surface area contributed by atoms with Crippen LogP contribution >= 0.6 is 22.7 Å². The molecule has 0 bridgehead atoms. The molecule has 0 spiro atoms. The summed E-state index contributed by atoms with van der Waals surface area (Å²) in [5.41, 5.74) is 4.97. The molecule has 32 heavy (non-hydrogen) atoms. The van der Waals surface area contributed by atoms with Crippen molar-refractivity contribution in [1.82, 2.24) is 19.9 Å². The highest BCUT2D eigenvalue weighted by Crippen LogP contribution is 2.40. The molecule has 0 N–H and O–H groups in total. The van der Waals surface area contributed by atoms with Gasteiger partial charge in [-0.25, -0.2) is 4.68 Å². The van der Waals surface area contributed by atoms with Gasteiger partial charge in [0.1, 0.15) is 5.52 Å². The van der Waals surface area contributed by atoms with E-state index in [1.807, 2.05) is 58.1 Å². The maximum absolute atomic E-state index is 13.5. The molecule has 0 saturated heterocycles. The number of aromatic nitrogens is 3. The largest absolute Gasteiger partial charge is 0.326 e. The molecule has 7 heteroatoms. The SMILES string of the molecule is O=C(c1ccc(Cn2nnc3ccccc32)cc1)N1CCc2sccc2[C@H]1c1cccs1. The number of rotatable bonds is 4. The second-order valence-electron chi connectivity index (χ2n) is 7.90. The van der Waals surface area contributed by atoms with Gasteiger partial charge in [0.05, 0.1) is 18.1 Å². The van der Waals surface area contributed by atoms with Gasteiger partial charge in [-0.15, -0.1) is 27.8 Å². The first-order chi connectivity index (χ1) is 15.8. The van der Waals surface area contributed by atoms with Crippen molar-refractivity contribution in [3.05, 3.63) is 104 Å². The number of carbonyl (C=O) groups excluding carboxylic acids is 1. The molecule has 1 aliphatic rings. The predicted molar refractivity (Wildman–Crippen MR) is 128 cm³/mol. The highest BCUT2D eigenvalue weighted by atomic mass is 32.1. The van der Waals surface area contributed by atoms with Crippen molar-refractivity contribution < 1.29 is 4.79 Å². The minimum Gasteiger partial charge on any atom is -0.326 e. The molecular weight excluding hydrogens is 436 g/mol. The van der Waals surface area contributed by atoms with E-state index < -0.39 is 0 Å². The number of hydrogen-bond acceptors (Lipinski definition) is 5. The number of thiophene rings is 2. The van der Waals surface area contributed by atoms with Crippen molar-refractivity contribution in [3.63, 3.8) is 0 Å². The van der Waals surface area contributed by atoms with E-state index in [0.717, 1.165) is 35.1 Å². The molecule has 4 heterocycles. The van der Waals surface area contributed by atoms with Crippen molar-refractivity contribution in [2.24, 2.45) is 0 Å². The molecule has 0 aliphatic carbocycles. The number of fused-ring (bicyclic) bond motifs is 2. The maximum atomic E-state index is 13.5. The van der Waals surface area contributed by atoms with Gasteiger partial charge < -0.3 is 4.90 Å². The molecule has 1 aliphatic heterocycles. The van der Waals surface area contributed by atoms with Crippen molar-refractivity contribution in [2.45, 2.75) is 19.0 Å². The van der Waals surface area contributed by atoms with Crippen LogP contribution in [-0.4, -0.2) is 32.3 Å². The quantitative estimate of drug-likeness (QED) is 0.364. The summed E-state index contributed by atoms with van der Waals surface area (Å²) in [6.07, 6.45) is 0.915. The molecule has 1 atom stereocenters. The first-order valence-corrected chi connectivity index (χ1v) is 12.3. The van der Waals surface area contributed by atoms with Crippen LogP contribution in [0.2, 0.25) is 0 Å². The lowest BCUT2D eigenvalue weighted by Gasteiger charge is -2.35. The Bertz CT molecular complexity index is 1390. The molecule has 5 nitrogen and oxygen atoms in total. The zero-order valence-electron chi connectivity index (χ0n) is 17.2. The normalized spacial score (nSPS) is 15.8. The van der Waals surface area contributed by atoms with Crippen LogP contribution in [0.1, 0.15) is 37.3 Å². The van der Waals surface area contributed by atoms with E-state index in [4.69, 9.17) is 0 Å². The van der Waals surface area contributed by atoms with E-state index >= 15 is 0 Å². The summed E-state index contributed by atoms with van der Waals surface area (Å²) >= 11 is 3.51. The maximum Gasteiger partial charge on any atom is 0.254 e. The van der Waals surface area contributed by atoms with E-state index in [1.54, 1.807) is 22.7 Å². The van der Waals surface area contributed by atoms with Gasteiger partial charge in [-0.2, -0.15) is 0 Å². The summed E-state index contributed by atoms with van der Waals surface area (Å²) in [5.74, 6) is 0.0815. The van der Waals surface area contributed by atoms with Crippen LogP contribution in [-0.2, 0) is 13.0 Å². The fraction of sp³-hybridized carbons (Fsp3) is 0.160. The van der Waals surface area contributed by atoms with Crippen molar-refractivity contribution in [1.29, 1.82) is 0 Å². The Morgan fingerprint density at radius 3 is 2.69 bits per heavy atom. The number of carbonyl (C=O) groups is 1. The van der Waals surface area contributed by atoms with Crippen LogP contribution in [0.15, 0.2) is 77.5 Å². The highest BCUT2D eigenvalue weighted by molar-refractivity contribution is 7.10.